The van der Waals surface area contributed by atoms with Crippen LogP contribution in [-0.4, -0.2) is 25.2 Å². The largest absolute Gasteiger partial charge is 0.490 e. The van der Waals surface area contributed by atoms with Crippen LogP contribution in [0, 0.1) is 6.92 Å². The predicted octanol–water partition coefficient (Wildman–Crippen LogP) is 2.00. The van der Waals surface area contributed by atoms with Crippen molar-refractivity contribution in [1.29, 1.82) is 0 Å². The second kappa shape index (κ2) is 3.48. The smallest absolute Gasteiger partial charge is 0.131 e. The van der Waals surface area contributed by atoms with Gasteiger partial charge in [-0.25, -0.2) is 4.98 Å². The summed E-state index contributed by atoms with van der Waals surface area (Å²) in [7, 11) is 3.97. The molecular weight excluding hydrogens is 176 g/mol. The Bertz CT molecular complexity index is 332. The molecule has 0 saturated heterocycles. The monoisotopic (exact) mass is 192 g/mol. The molecule has 1 aliphatic carbocycles. The molecule has 14 heavy (non-hydrogen) atoms. The molecule has 1 aliphatic rings. The van der Waals surface area contributed by atoms with Gasteiger partial charge >= 0.3 is 0 Å². The highest BCUT2D eigenvalue weighted by Gasteiger charge is 2.24. The first kappa shape index (κ1) is 9.31. The summed E-state index contributed by atoms with van der Waals surface area (Å²) in [6.45, 7) is 2.03. The minimum absolute atomic E-state index is 0.450. The molecule has 0 aromatic carbocycles. The Morgan fingerprint density at radius 1 is 1.43 bits per heavy atom. The van der Waals surface area contributed by atoms with Crippen molar-refractivity contribution in [3.8, 4) is 5.75 Å². The van der Waals surface area contributed by atoms with Crippen molar-refractivity contribution in [3.05, 3.63) is 17.8 Å². The van der Waals surface area contributed by atoms with E-state index in [2.05, 4.69) is 4.98 Å². The molecule has 0 radical (unpaired) electrons. The van der Waals surface area contributed by atoms with Crippen molar-refractivity contribution in [3.63, 3.8) is 0 Å². The zero-order valence-corrected chi connectivity index (χ0v) is 8.95. The van der Waals surface area contributed by atoms with Crippen molar-refractivity contribution in [2.75, 3.05) is 19.0 Å². The molecule has 76 valence electrons. The van der Waals surface area contributed by atoms with Gasteiger partial charge < -0.3 is 9.64 Å². The Morgan fingerprint density at radius 3 is 2.71 bits per heavy atom. The summed E-state index contributed by atoms with van der Waals surface area (Å²) in [5.41, 5.74) is 1.11. The van der Waals surface area contributed by atoms with E-state index in [0.717, 1.165) is 17.1 Å². The van der Waals surface area contributed by atoms with Crippen LogP contribution in [0.5, 0.6) is 5.75 Å². The maximum absolute atomic E-state index is 5.78. The Balaban J connectivity index is 2.21. The van der Waals surface area contributed by atoms with E-state index in [1.807, 2.05) is 38.2 Å². The molecule has 0 spiro atoms. The van der Waals surface area contributed by atoms with Crippen LogP contribution in [0.25, 0.3) is 0 Å². The molecule has 2 rings (SSSR count). The third-order valence-electron chi connectivity index (χ3n) is 2.32. The fourth-order valence-electron chi connectivity index (χ4n) is 1.23. The maximum Gasteiger partial charge on any atom is 0.131 e. The van der Waals surface area contributed by atoms with Crippen molar-refractivity contribution in [2.24, 2.45) is 0 Å². The summed E-state index contributed by atoms with van der Waals surface area (Å²) in [6, 6.07) is 2.01. The van der Waals surface area contributed by atoms with Gasteiger partial charge in [-0.05, 0) is 19.8 Å². The quantitative estimate of drug-likeness (QED) is 0.732. The number of rotatable bonds is 3. The first-order valence-corrected chi connectivity index (χ1v) is 4.97. The summed E-state index contributed by atoms with van der Waals surface area (Å²) >= 11 is 0. The van der Waals surface area contributed by atoms with Gasteiger partial charge in [0, 0.05) is 31.9 Å². The number of pyridine rings is 1. The van der Waals surface area contributed by atoms with Gasteiger partial charge in [0.05, 0.1) is 6.10 Å². The fraction of sp³-hybridized carbons (Fsp3) is 0.545. The molecule has 3 heteroatoms. The van der Waals surface area contributed by atoms with Gasteiger partial charge in [0.15, 0.2) is 0 Å². The molecule has 0 bridgehead atoms. The van der Waals surface area contributed by atoms with E-state index in [-0.39, 0.29) is 0 Å². The molecule has 1 aromatic heterocycles. The summed E-state index contributed by atoms with van der Waals surface area (Å²) in [5, 5.41) is 0. The molecule has 0 aliphatic heterocycles. The van der Waals surface area contributed by atoms with Gasteiger partial charge in [0.2, 0.25) is 0 Å². The Labute approximate surface area is 84.7 Å². The van der Waals surface area contributed by atoms with Crippen LogP contribution >= 0.6 is 0 Å². The summed E-state index contributed by atoms with van der Waals surface area (Å²) in [5.74, 6) is 1.93. The first-order valence-electron chi connectivity index (χ1n) is 4.97. The van der Waals surface area contributed by atoms with Crippen molar-refractivity contribution in [2.45, 2.75) is 25.9 Å². The van der Waals surface area contributed by atoms with Gasteiger partial charge in [-0.3, -0.25) is 0 Å². The number of hydrogen-bond acceptors (Lipinski definition) is 3. The van der Waals surface area contributed by atoms with E-state index in [0.29, 0.717) is 6.10 Å². The lowest BCUT2D eigenvalue weighted by atomic mass is 10.3. The highest BCUT2D eigenvalue weighted by Crippen LogP contribution is 2.30. The standard InChI is InChI=1S/C11H16N2O/c1-8-7-12-11(13(2)3)6-10(8)14-9-4-5-9/h6-7,9H,4-5H2,1-3H3. The van der Waals surface area contributed by atoms with Gasteiger partial charge in [0.25, 0.3) is 0 Å². The zero-order chi connectivity index (χ0) is 10.1. The lowest BCUT2D eigenvalue weighted by molar-refractivity contribution is 0.301. The normalized spacial score (nSPS) is 15.4. The summed E-state index contributed by atoms with van der Waals surface area (Å²) < 4.78 is 5.78. The van der Waals surface area contributed by atoms with Gasteiger partial charge in [-0.2, -0.15) is 0 Å². The third kappa shape index (κ3) is 1.97. The van der Waals surface area contributed by atoms with E-state index >= 15 is 0 Å². The number of ether oxygens (including phenoxy) is 1. The van der Waals surface area contributed by atoms with Crippen LogP contribution in [-0.2, 0) is 0 Å². The Kier molecular flexibility index (Phi) is 2.32. The number of aryl methyl sites for hydroxylation is 1. The molecular formula is C11H16N2O. The van der Waals surface area contributed by atoms with Crippen LogP contribution in [0.4, 0.5) is 5.82 Å². The number of hydrogen-bond donors (Lipinski definition) is 0. The minimum Gasteiger partial charge on any atom is -0.490 e. The second-order valence-corrected chi connectivity index (χ2v) is 4.02. The molecule has 0 N–H and O–H groups in total. The SMILES string of the molecule is Cc1cnc(N(C)C)cc1OC1CC1. The van der Waals surface area contributed by atoms with Crippen molar-refractivity contribution >= 4 is 5.82 Å². The van der Waals surface area contributed by atoms with E-state index in [1.54, 1.807) is 0 Å². The third-order valence-corrected chi connectivity index (χ3v) is 2.32. The zero-order valence-electron chi connectivity index (χ0n) is 8.95. The lowest BCUT2D eigenvalue weighted by Gasteiger charge is -2.14. The minimum atomic E-state index is 0.450. The molecule has 1 fully saturated rings. The summed E-state index contributed by atoms with van der Waals surface area (Å²) in [4.78, 5) is 6.30. The molecule has 3 nitrogen and oxygen atoms in total. The van der Waals surface area contributed by atoms with Crippen molar-refractivity contribution < 1.29 is 4.74 Å². The first-order chi connectivity index (χ1) is 6.66. The molecule has 0 atom stereocenters. The van der Waals surface area contributed by atoms with E-state index in [1.165, 1.54) is 12.8 Å². The highest BCUT2D eigenvalue weighted by atomic mass is 16.5. The maximum atomic E-state index is 5.78. The van der Waals surface area contributed by atoms with Gasteiger partial charge in [0.1, 0.15) is 11.6 Å². The number of nitrogens with zero attached hydrogens (tertiary/aromatic N) is 2. The highest BCUT2D eigenvalue weighted by molar-refractivity contribution is 5.45. The van der Waals surface area contributed by atoms with Crippen LogP contribution in [0.3, 0.4) is 0 Å². The number of aromatic nitrogens is 1. The molecule has 0 unspecified atom stereocenters. The van der Waals surface area contributed by atoms with Gasteiger partial charge in [-0.1, -0.05) is 0 Å². The molecule has 1 heterocycles. The second-order valence-electron chi connectivity index (χ2n) is 4.02. The van der Waals surface area contributed by atoms with E-state index < -0.39 is 0 Å². The van der Waals surface area contributed by atoms with Gasteiger partial charge in [-0.15, -0.1) is 0 Å². The van der Waals surface area contributed by atoms with Crippen LogP contribution < -0.4 is 9.64 Å². The topological polar surface area (TPSA) is 25.4 Å². The molecule has 0 amide bonds. The number of anilines is 1. The summed E-state index contributed by atoms with van der Waals surface area (Å²) in [6.07, 6.45) is 4.71. The molecule has 1 saturated carbocycles. The lowest BCUT2D eigenvalue weighted by Crippen LogP contribution is -2.11. The van der Waals surface area contributed by atoms with Crippen LogP contribution in [0.1, 0.15) is 18.4 Å². The predicted molar refractivity (Wildman–Crippen MR) is 57.0 cm³/mol. The van der Waals surface area contributed by atoms with Crippen LogP contribution in [0.15, 0.2) is 12.3 Å². The Morgan fingerprint density at radius 2 is 2.14 bits per heavy atom. The van der Waals surface area contributed by atoms with Crippen LogP contribution in [0.2, 0.25) is 0 Å². The Hall–Kier alpha value is -1.25. The van der Waals surface area contributed by atoms with Crippen molar-refractivity contribution in [1.82, 2.24) is 4.98 Å². The average molecular weight is 192 g/mol. The van der Waals surface area contributed by atoms with E-state index in [9.17, 15) is 0 Å². The fourth-order valence-corrected chi connectivity index (χ4v) is 1.23. The van der Waals surface area contributed by atoms with E-state index in [4.69, 9.17) is 4.74 Å². The molecule has 1 aromatic rings. The average Bonchev–Trinajstić information content (AvgIpc) is 2.92.